The molecule has 0 saturated heterocycles. The van der Waals surface area contributed by atoms with Crippen LogP contribution >= 0.6 is 0 Å². The Balaban J connectivity index is 2.39. The highest BCUT2D eigenvalue weighted by atomic mass is 16.3. The van der Waals surface area contributed by atoms with E-state index in [1.807, 2.05) is 12.1 Å². The van der Waals surface area contributed by atoms with Crippen molar-refractivity contribution in [2.75, 3.05) is 13.2 Å². The average Bonchev–Trinajstić information content (AvgIpc) is 2.66. The number of furan rings is 1. The second-order valence-electron chi connectivity index (χ2n) is 3.41. The first kappa shape index (κ1) is 11.3. The zero-order valence-electron chi connectivity index (χ0n) is 8.92. The van der Waals surface area contributed by atoms with E-state index in [0.717, 1.165) is 30.9 Å². The van der Waals surface area contributed by atoms with Crippen LogP contribution in [0.5, 0.6) is 0 Å². The van der Waals surface area contributed by atoms with Gasteiger partial charge in [-0.3, -0.25) is 0 Å². The van der Waals surface area contributed by atoms with Crippen LogP contribution in [-0.4, -0.2) is 18.3 Å². The van der Waals surface area contributed by atoms with E-state index < -0.39 is 0 Å². The molecule has 0 saturated carbocycles. The van der Waals surface area contributed by atoms with Crippen molar-refractivity contribution in [2.45, 2.75) is 32.7 Å². The highest BCUT2D eigenvalue weighted by Gasteiger charge is 2.08. The molecule has 1 rings (SSSR count). The highest BCUT2D eigenvalue weighted by Crippen LogP contribution is 2.16. The predicted molar refractivity (Wildman–Crippen MR) is 56.2 cm³/mol. The molecule has 14 heavy (non-hydrogen) atoms. The molecule has 0 aliphatic carbocycles. The zero-order chi connectivity index (χ0) is 10.4. The van der Waals surface area contributed by atoms with Gasteiger partial charge in [0.1, 0.15) is 11.5 Å². The molecule has 0 bridgehead atoms. The lowest BCUT2D eigenvalue weighted by Gasteiger charge is -2.10. The Morgan fingerprint density at radius 2 is 2.29 bits per heavy atom. The SMILES string of the molecule is CCc1ccc(C(C)NCCCO)o1. The van der Waals surface area contributed by atoms with Crippen LogP contribution in [0.4, 0.5) is 0 Å². The monoisotopic (exact) mass is 197 g/mol. The summed E-state index contributed by atoms with van der Waals surface area (Å²) in [5, 5.41) is 11.9. The first-order chi connectivity index (χ1) is 6.77. The van der Waals surface area contributed by atoms with E-state index in [0.29, 0.717) is 0 Å². The Kier molecular flexibility index (Phi) is 4.70. The minimum Gasteiger partial charge on any atom is -0.464 e. The van der Waals surface area contributed by atoms with Gasteiger partial charge in [-0.05, 0) is 32.0 Å². The van der Waals surface area contributed by atoms with Crippen molar-refractivity contribution >= 4 is 0 Å². The Labute approximate surface area is 85.1 Å². The predicted octanol–water partition coefficient (Wildman–Crippen LogP) is 1.87. The molecule has 0 aromatic carbocycles. The molecule has 0 spiro atoms. The lowest BCUT2D eigenvalue weighted by Crippen LogP contribution is -2.20. The van der Waals surface area contributed by atoms with Crippen molar-refractivity contribution in [1.29, 1.82) is 0 Å². The molecule has 1 heterocycles. The second-order valence-corrected chi connectivity index (χ2v) is 3.41. The summed E-state index contributed by atoms with van der Waals surface area (Å²) in [6, 6.07) is 4.25. The molecule has 0 amide bonds. The Bertz CT molecular complexity index is 258. The molecule has 0 aliphatic heterocycles. The van der Waals surface area contributed by atoms with E-state index in [2.05, 4.69) is 19.2 Å². The molecule has 80 valence electrons. The fourth-order valence-corrected chi connectivity index (χ4v) is 1.32. The number of aliphatic hydroxyl groups excluding tert-OH is 1. The van der Waals surface area contributed by atoms with Gasteiger partial charge < -0.3 is 14.8 Å². The molecule has 1 aromatic heterocycles. The van der Waals surface area contributed by atoms with E-state index in [-0.39, 0.29) is 12.6 Å². The van der Waals surface area contributed by atoms with Gasteiger partial charge in [0.15, 0.2) is 0 Å². The summed E-state index contributed by atoms with van der Waals surface area (Å²) in [5.74, 6) is 2.00. The first-order valence-electron chi connectivity index (χ1n) is 5.20. The van der Waals surface area contributed by atoms with Crippen molar-refractivity contribution in [3.05, 3.63) is 23.7 Å². The van der Waals surface area contributed by atoms with Crippen LogP contribution in [0.1, 0.15) is 37.8 Å². The summed E-state index contributed by atoms with van der Waals surface area (Å²) in [7, 11) is 0. The molecule has 1 unspecified atom stereocenters. The molecular formula is C11H19NO2. The van der Waals surface area contributed by atoms with E-state index >= 15 is 0 Å². The molecular weight excluding hydrogens is 178 g/mol. The summed E-state index contributed by atoms with van der Waals surface area (Å²) >= 11 is 0. The lowest BCUT2D eigenvalue weighted by molar-refractivity contribution is 0.281. The van der Waals surface area contributed by atoms with Crippen molar-refractivity contribution in [3.63, 3.8) is 0 Å². The van der Waals surface area contributed by atoms with E-state index in [4.69, 9.17) is 9.52 Å². The number of aryl methyl sites for hydroxylation is 1. The Morgan fingerprint density at radius 3 is 2.86 bits per heavy atom. The zero-order valence-corrected chi connectivity index (χ0v) is 8.92. The third kappa shape index (κ3) is 3.16. The van der Waals surface area contributed by atoms with Crippen molar-refractivity contribution in [3.8, 4) is 0 Å². The topological polar surface area (TPSA) is 45.4 Å². The fourth-order valence-electron chi connectivity index (χ4n) is 1.32. The van der Waals surface area contributed by atoms with Gasteiger partial charge in [-0.25, -0.2) is 0 Å². The van der Waals surface area contributed by atoms with Crippen LogP contribution in [0.2, 0.25) is 0 Å². The molecule has 3 heteroatoms. The van der Waals surface area contributed by atoms with Gasteiger partial charge in [0.2, 0.25) is 0 Å². The molecule has 1 atom stereocenters. The van der Waals surface area contributed by atoms with Gasteiger partial charge in [-0.2, -0.15) is 0 Å². The fraction of sp³-hybridized carbons (Fsp3) is 0.636. The van der Waals surface area contributed by atoms with Crippen LogP contribution in [0, 0.1) is 0 Å². The quantitative estimate of drug-likeness (QED) is 0.684. The lowest BCUT2D eigenvalue weighted by atomic mass is 10.2. The third-order valence-electron chi connectivity index (χ3n) is 2.24. The van der Waals surface area contributed by atoms with Crippen molar-refractivity contribution in [2.24, 2.45) is 0 Å². The molecule has 2 N–H and O–H groups in total. The third-order valence-corrected chi connectivity index (χ3v) is 2.24. The highest BCUT2D eigenvalue weighted by molar-refractivity contribution is 5.09. The first-order valence-corrected chi connectivity index (χ1v) is 5.20. The summed E-state index contributed by atoms with van der Waals surface area (Å²) in [5.41, 5.74) is 0. The number of hydrogen-bond donors (Lipinski definition) is 2. The molecule has 1 aromatic rings. The second kappa shape index (κ2) is 5.83. The summed E-state index contributed by atoms with van der Waals surface area (Å²) in [6.07, 6.45) is 1.72. The maximum atomic E-state index is 8.63. The van der Waals surface area contributed by atoms with Crippen molar-refractivity contribution in [1.82, 2.24) is 5.32 Å². The van der Waals surface area contributed by atoms with E-state index in [9.17, 15) is 0 Å². The molecule has 0 radical (unpaired) electrons. The number of aliphatic hydroxyl groups is 1. The van der Waals surface area contributed by atoms with Crippen LogP contribution in [0.25, 0.3) is 0 Å². The Hall–Kier alpha value is -0.800. The van der Waals surface area contributed by atoms with Gasteiger partial charge in [-0.15, -0.1) is 0 Å². The van der Waals surface area contributed by atoms with E-state index in [1.165, 1.54) is 0 Å². The number of hydrogen-bond acceptors (Lipinski definition) is 3. The van der Waals surface area contributed by atoms with Crippen LogP contribution in [-0.2, 0) is 6.42 Å². The van der Waals surface area contributed by atoms with Gasteiger partial charge >= 0.3 is 0 Å². The Morgan fingerprint density at radius 1 is 1.50 bits per heavy atom. The smallest absolute Gasteiger partial charge is 0.120 e. The van der Waals surface area contributed by atoms with Gasteiger partial charge in [0.05, 0.1) is 6.04 Å². The standard InChI is InChI=1S/C11H19NO2/c1-3-10-5-6-11(14-10)9(2)12-7-4-8-13/h5-6,9,12-13H,3-4,7-8H2,1-2H3. The summed E-state index contributed by atoms with van der Waals surface area (Å²) < 4.78 is 5.60. The molecule has 0 aliphatic rings. The number of nitrogens with one attached hydrogen (secondary N) is 1. The van der Waals surface area contributed by atoms with E-state index in [1.54, 1.807) is 0 Å². The van der Waals surface area contributed by atoms with Gasteiger partial charge in [0.25, 0.3) is 0 Å². The van der Waals surface area contributed by atoms with Crippen LogP contribution in [0.15, 0.2) is 16.5 Å². The number of rotatable bonds is 6. The minimum atomic E-state index is 0.224. The molecule has 3 nitrogen and oxygen atoms in total. The minimum absolute atomic E-state index is 0.224. The normalized spacial score (nSPS) is 13.1. The largest absolute Gasteiger partial charge is 0.464 e. The van der Waals surface area contributed by atoms with Gasteiger partial charge in [0, 0.05) is 13.0 Å². The summed E-state index contributed by atoms with van der Waals surface area (Å²) in [6.45, 7) is 5.19. The van der Waals surface area contributed by atoms with Crippen molar-refractivity contribution < 1.29 is 9.52 Å². The maximum Gasteiger partial charge on any atom is 0.120 e. The van der Waals surface area contributed by atoms with Crippen LogP contribution < -0.4 is 5.32 Å². The maximum absolute atomic E-state index is 8.63. The van der Waals surface area contributed by atoms with Gasteiger partial charge in [-0.1, -0.05) is 6.92 Å². The summed E-state index contributed by atoms with van der Waals surface area (Å²) in [4.78, 5) is 0. The molecule has 0 fully saturated rings. The van der Waals surface area contributed by atoms with Crippen LogP contribution in [0.3, 0.4) is 0 Å². The average molecular weight is 197 g/mol.